The molecule has 2 rings (SSSR count). The van der Waals surface area contributed by atoms with Gasteiger partial charge in [-0.05, 0) is 41.8 Å². The van der Waals surface area contributed by atoms with E-state index in [-0.39, 0.29) is 0 Å². The highest BCUT2D eigenvalue weighted by Crippen LogP contribution is 2.19. The van der Waals surface area contributed by atoms with Gasteiger partial charge in [0, 0.05) is 39.6 Å². The Morgan fingerprint density at radius 1 is 0.684 bits per heavy atom. The molecule has 2 heteroatoms. The van der Waals surface area contributed by atoms with Gasteiger partial charge in [0.1, 0.15) is 0 Å². The average Bonchev–Trinajstić information content (AvgIpc) is 2.39. The van der Waals surface area contributed by atoms with Crippen LogP contribution in [-0.2, 0) is 6.42 Å². The van der Waals surface area contributed by atoms with Gasteiger partial charge in [-0.25, -0.2) is 0 Å². The second-order valence-corrected chi connectivity index (χ2v) is 5.31. The molecule has 0 atom stereocenters. The van der Waals surface area contributed by atoms with Crippen LogP contribution >= 0.6 is 0 Å². The summed E-state index contributed by atoms with van der Waals surface area (Å²) in [6.45, 7) is 0. The van der Waals surface area contributed by atoms with Crippen LogP contribution in [0.15, 0.2) is 48.5 Å². The third-order valence-electron chi connectivity index (χ3n) is 3.26. The zero-order valence-electron chi connectivity index (χ0n) is 12.2. The minimum atomic E-state index is 0.976. The second kappa shape index (κ2) is 5.79. The van der Waals surface area contributed by atoms with Gasteiger partial charge in [0.25, 0.3) is 0 Å². The number of hydrogen-bond donors (Lipinski definition) is 0. The zero-order valence-corrected chi connectivity index (χ0v) is 12.2. The van der Waals surface area contributed by atoms with Crippen LogP contribution in [-0.4, -0.2) is 28.2 Å². The molecule has 0 radical (unpaired) electrons. The molecule has 0 bridgehead atoms. The van der Waals surface area contributed by atoms with Crippen molar-refractivity contribution >= 4 is 11.4 Å². The van der Waals surface area contributed by atoms with E-state index in [0.29, 0.717) is 0 Å². The van der Waals surface area contributed by atoms with Crippen molar-refractivity contribution in [1.82, 2.24) is 0 Å². The first-order chi connectivity index (χ1) is 9.06. The Morgan fingerprint density at radius 2 is 1.11 bits per heavy atom. The fourth-order valence-corrected chi connectivity index (χ4v) is 2.12. The summed E-state index contributed by atoms with van der Waals surface area (Å²) in [7, 11) is 8.30. The third-order valence-corrected chi connectivity index (χ3v) is 3.26. The van der Waals surface area contributed by atoms with Crippen molar-refractivity contribution in [2.75, 3.05) is 38.0 Å². The molecule has 0 heterocycles. The van der Waals surface area contributed by atoms with Crippen LogP contribution < -0.4 is 9.80 Å². The van der Waals surface area contributed by atoms with Crippen molar-refractivity contribution in [1.29, 1.82) is 0 Å². The van der Waals surface area contributed by atoms with E-state index in [0.717, 1.165) is 6.42 Å². The lowest BCUT2D eigenvalue weighted by Crippen LogP contribution is -2.09. The summed E-state index contributed by atoms with van der Waals surface area (Å²) in [6.07, 6.45) is 0.976. The van der Waals surface area contributed by atoms with Gasteiger partial charge in [-0.15, -0.1) is 0 Å². The highest BCUT2D eigenvalue weighted by Gasteiger charge is 2.01. The average molecular weight is 254 g/mol. The molecule has 0 aliphatic carbocycles. The summed E-state index contributed by atoms with van der Waals surface area (Å²) < 4.78 is 0. The number of rotatable bonds is 4. The lowest BCUT2D eigenvalue weighted by Gasteiger charge is -2.15. The summed E-state index contributed by atoms with van der Waals surface area (Å²) in [4.78, 5) is 4.28. The minimum Gasteiger partial charge on any atom is -0.378 e. The van der Waals surface area contributed by atoms with Crippen molar-refractivity contribution in [2.45, 2.75) is 6.42 Å². The molecule has 19 heavy (non-hydrogen) atoms. The monoisotopic (exact) mass is 254 g/mol. The molecule has 0 unspecified atom stereocenters. The first-order valence-electron chi connectivity index (χ1n) is 6.59. The molecule has 2 nitrogen and oxygen atoms in total. The first-order valence-corrected chi connectivity index (χ1v) is 6.59. The number of nitrogens with zero attached hydrogens (tertiary/aromatic N) is 2. The molecule has 0 aliphatic heterocycles. The predicted octanol–water partition coefficient (Wildman–Crippen LogP) is 3.41. The Bertz CT molecular complexity index is 495. The molecule has 2 aromatic rings. The van der Waals surface area contributed by atoms with Crippen molar-refractivity contribution in [3.8, 4) is 0 Å². The molecule has 2 aromatic carbocycles. The van der Waals surface area contributed by atoms with Gasteiger partial charge in [-0.3, -0.25) is 0 Å². The normalized spacial score (nSPS) is 10.3. The maximum absolute atomic E-state index is 2.25. The van der Waals surface area contributed by atoms with Gasteiger partial charge in [0.05, 0.1) is 0 Å². The molecular weight excluding hydrogens is 232 g/mol. The molecule has 100 valence electrons. The molecular formula is C17H22N2. The minimum absolute atomic E-state index is 0.976. The Morgan fingerprint density at radius 3 is 1.47 bits per heavy atom. The van der Waals surface area contributed by atoms with Gasteiger partial charge >= 0.3 is 0 Å². The smallest absolute Gasteiger partial charge is 0.0363 e. The highest BCUT2D eigenvalue weighted by molar-refractivity contribution is 5.50. The fraction of sp³-hybridized carbons (Fsp3) is 0.294. The third kappa shape index (κ3) is 3.50. The molecule has 0 N–H and O–H groups in total. The number of benzene rings is 2. The number of hydrogen-bond acceptors (Lipinski definition) is 2. The highest BCUT2D eigenvalue weighted by atomic mass is 15.1. The zero-order chi connectivity index (χ0) is 13.8. The van der Waals surface area contributed by atoms with Crippen LogP contribution in [0.25, 0.3) is 0 Å². The molecule has 0 amide bonds. The van der Waals surface area contributed by atoms with E-state index in [9.17, 15) is 0 Å². The van der Waals surface area contributed by atoms with Gasteiger partial charge in [0.2, 0.25) is 0 Å². The van der Waals surface area contributed by atoms with E-state index in [2.05, 4.69) is 86.5 Å². The number of anilines is 2. The Balaban J connectivity index is 2.21. The summed E-state index contributed by atoms with van der Waals surface area (Å²) in [6, 6.07) is 17.4. The van der Waals surface area contributed by atoms with E-state index >= 15 is 0 Å². The predicted molar refractivity (Wildman–Crippen MR) is 84.3 cm³/mol. The Kier molecular flexibility index (Phi) is 4.10. The Labute approximate surface area is 116 Å². The van der Waals surface area contributed by atoms with E-state index in [1.807, 2.05) is 0 Å². The van der Waals surface area contributed by atoms with Gasteiger partial charge < -0.3 is 9.80 Å². The Hall–Kier alpha value is -1.96. The van der Waals surface area contributed by atoms with Gasteiger partial charge in [-0.1, -0.05) is 24.3 Å². The van der Waals surface area contributed by atoms with Crippen LogP contribution in [0, 0.1) is 0 Å². The van der Waals surface area contributed by atoms with Crippen molar-refractivity contribution < 1.29 is 0 Å². The van der Waals surface area contributed by atoms with Crippen LogP contribution in [0.4, 0.5) is 11.4 Å². The maximum Gasteiger partial charge on any atom is 0.0363 e. The van der Waals surface area contributed by atoms with E-state index < -0.39 is 0 Å². The van der Waals surface area contributed by atoms with E-state index in [4.69, 9.17) is 0 Å². The topological polar surface area (TPSA) is 6.48 Å². The summed E-state index contributed by atoms with van der Waals surface area (Å²) in [5.41, 5.74) is 5.20. The quantitative estimate of drug-likeness (QED) is 0.825. The molecule has 0 saturated carbocycles. The molecule has 0 fully saturated rings. The SMILES string of the molecule is CN(C)c1cccc(Cc2cccc(N(C)C)c2)c1. The summed E-state index contributed by atoms with van der Waals surface area (Å²) >= 11 is 0. The van der Waals surface area contributed by atoms with E-state index in [1.165, 1.54) is 22.5 Å². The molecule has 0 saturated heterocycles. The van der Waals surface area contributed by atoms with Crippen LogP contribution in [0.5, 0.6) is 0 Å². The molecule has 0 spiro atoms. The summed E-state index contributed by atoms with van der Waals surface area (Å²) in [5, 5.41) is 0. The lowest BCUT2D eigenvalue weighted by atomic mass is 10.0. The fourth-order valence-electron chi connectivity index (χ4n) is 2.12. The molecule has 0 aliphatic rings. The molecule has 0 aromatic heterocycles. The van der Waals surface area contributed by atoms with Crippen molar-refractivity contribution in [3.05, 3.63) is 59.7 Å². The standard InChI is InChI=1S/C17H22N2/c1-18(2)16-9-5-7-14(12-16)11-15-8-6-10-17(13-15)19(3)4/h5-10,12-13H,11H2,1-4H3. The largest absolute Gasteiger partial charge is 0.378 e. The van der Waals surface area contributed by atoms with E-state index in [1.54, 1.807) is 0 Å². The van der Waals surface area contributed by atoms with Gasteiger partial charge in [0.15, 0.2) is 0 Å². The van der Waals surface area contributed by atoms with Gasteiger partial charge in [-0.2, -0.15) is 0 Å². The lowest BCUT2D eigenvalue weighted by molar-refractivity contribution is 1.10. The van der Waals surface area contributed by atoms with Crippen LogP contribution in [0.3, 0.4) is 0 Å². The maximum atomic E-state index is 2.25. The van der Waals surface area contributed by atoms with Crippen molar-refractivity contribution in [2.24, 2.45) is 0 Å². The van der Waals surface area contributed by atoms with Crippen molar-refractivity contribution in [3.63, 3.8) is 0 Å². The second-order valence-electron chi connectivity index (χ2n) is 5.31. The first kappa shape index (κ1) is 13.5. The summed E-state index contributed by atoms with van der Waals surface area (Å²) in [5.74, 6) is 0. The van der Waals surface area contributed by atoms with Crippen LogP contribution in [0.1, 0.15) is 11.1 Å². The van der Waals surface area contributed by atoms with Crippen LogP contribution in [0.2, 0.25) is 0 Å².